The molecular weight excluding hydrogens is 542 g/mol. The van der Waals surface area contributed by atoms with Gasteiger partial charge in [0.15, 0.2) is 5.75 Å². The van der Waals surface area contributed by atoms with E-state index < -0.39 is 21.7 Å². The van der Waals surface area contributed by atoms with E-state index in [4.69, 9.17) is 20.9 Å². The summed E-state index contributed by atoms with van der Waals surface area (Å²) in [6.45, 7) is 4.52. The van der Waals surface area contributed by atoms with E-state index in [1.807, 2.05) is 13.0 Å². The van der Waals surface area contributed by atoms with Gasteiger partial charge in [0.25, 0.3) is 0 Å². The summed E-state index contributed by atoms with van der Waals surface area (Å²) < 4.78 is 33.5. The van der Waals surface area contributed by atoms with Crippen molar-refractivity contribution >= 4 is 39.4 Å². The number of hydrogen-bond acceptors (Lipinski definition) is 7. The number of nitrogens with two attached hydrogens (primary N) is 1. The van der Waals surface area contributed by atoms with Gasteiger partial charge in [0.05, 0.1) is 18.1 Å². The van der Waals surface area contributed by atoms with Crippen LogP contribution in [0.2, 0.25) is 0 Å². The van der Waals surface area contributed by atoms with E-state index in [1.165, 1.54) is 25.1 Å². The SMILES string of the molecule is Cc1cc(N(CC=Cc2cccc(C(=N)N)c2)S(=O)(=O)CC(=O)O)ccc1OC1CCN(C2=NCCCCC2)CC1. The number of nitrogen functional groups attached to an aromatic ring is 1. The molecule has 0 saturated carbocycles. The molecule has 0 aromatic heterocycles. The normalized spacial score (nSPS) is 16.7. The molecule has 1 fully saturated rings. The fourth-order valence-electron chi connectivity index (χ4n) is 5.16. The summed E-state index contributed by atoms with van der Waals surface area (Å²) in [5.41, 5.74) is 7.99. The van der Waals surface area contributed by atoms with Gasteiger partial charge in [-0.15, -0.1) is 0 Å². The summed E-state index contributed by atoms with van der Waals surface area (Å²) in [7, 11) is -4.16. The van der Waals surface area contributed by atoms with Crippen molar-refractivity contribution < 1.29 is 23.1 Å². The zero-order valence-corrected chi connectivity index (χ0v) is 24.3. The topological polar surface area (TPSA) is 149 Å². The van der Waals surface area contributed by atoms with Crippen LogP contribution in [0.15, 0.2) is 53.5 Å². The third-order valence-electron chi connectivity index (χ3n) is 7.32. The van der Waals surface area contributed by atoms with Gasteiger partial charge >= 0.3 is 5.97 Å². The Bertz CT molecular complexity index is 1410. The van der Waals surface area contributed by atoms with Crippen LogP contribution in [0.5, 0.6) is 5.75 Å². The molecule has 0 aliphatic carbocycles. The number of aliphatic imine (C=N–C) groups is 1. The second-order valence-electron chi connectivity index (χ2n) is 10.5. The maximum Gasteiger partial charge on any atom is 0.320 e. The first-order chi connectivity index (χ1) is 19.6. The summed E-state index contributed by atoms with van der Waals surface area (Å²) >= 11 is 0. The number of carboxylic acids is 1. The fourth-order valence-corrected chi connectivity index (χ4v) is 6.37. The Morgan fingerprint density at radius 1 is 1.20 bits per heavy atom. The number of nitrogens with zero attached hydrogens (tertiary/aromatic N) is 3. The number of aliphatic carboxylic acids is 1. The van der Waals surface area contributed by atoms with Crippen molar-refractivity contribution in [1.29, 1.82) is 5.41 Å². The quantitative estimate of drug-likeness (QED) is 0.283. The number of carboxylic acid groups (broad SMARTS) is 1. The Morgan fingerprint density at radius 3 is 2.68 bits per heavy atom. The summed E-state index contributed by atoms with van der Waals surface area (Å²) in [6.07, 6.45) is 9.83. The lowest BCUT2D eigenvalue weighted by Crippen LogP contribution is -2.41. The van der Waals surface area contributed by atoms with E-state index in [0.29, 0.717) is 17.0 Å². The molecule has 0 amide bonds. The average molecular weight is 582 g/mol. The van der Waals surface area contributed by atoms with Crippen LogP contribution in [-0.2, 0) is 14.8 Å². The first kappa shape index (κ1) is 30.1. The van der Waals surface area contributed by atoms with Crippen LogP contribution in [0.1, 0.15) is 55.2 Å². The van der Waals surface area contributed by atoms with Crippen LogP contribution in [0, 0.1) is 12.3 Å². The van der Waals surface area contributed by atoms with Crippen LogP contribution >= 0.6 is 0 Å². The molecule has 4 rings (SSSR count). The van der Waals surface area contributed by atoms with Crippen molar-refractivity contribution in [3.8, 4) is 5.75 Å². The molecule has 4 N–H and O–H groups in total. The molecule has 2 aromatic rings. The maximum atomic E-state index is 13.0. The van der Waals surface area contributed by atoms with Gasteiger partial charge in [0, 0.05) is 44.5 Å². The smallest absolute Gasteiger partial charge is 0.320 e. The second-order valence-corrected chi connectivity index (χ2v) is 12.4. The lowest BCUT2D eigenvalue weighted by Gasteiger charge is -2.34. The van der Waals surface area contributed by atoms with Gasteiger partial charge in [-0.05, 0) is 55.2 Å². The molecule has 11 heteroatoms. The van der Waals surface area contributed by atoms with Crippen LogP contribution in [0.3, 0.4) is 0 Å². The summed E-state index contributed by atoms with van der Waals surface area (Å²) in [5, 5.41) is 16.8. The number of nitrogens with one attached hydrogen (secondary N) is 1. The van der Waals surface area contributed by atoms with Crippen LogP contribution in [0.25, 0.3) is 6.08 Å². The lowest BCUT2D eigenvalue weighted by atomic mass is 10.1. The van der Waals surface area contributed by atoms with E-state index in [-0.39, 0.29) is 18.5 Å². The number of sulfonamides is 1. The second kappa shape index (κ2) is 13.7. The van der Waals surface area contributed by atoms with Crippen molar-refractivity contribution in [2.45, 2.75) is 51.6 Å². The molecule has 2 aliphatic rings. The highest BCUT2D eigenvalue weighted by molar-refractivity contribution is 7.93. The molecule has 10 nitrogen and oxygen atoms in total. The maximum absolute atomic E-state index is 13.0. The van der Waals surface area contributed by atoms with Crippen molar-refractivity contribution in [1.82, 2.24) is 4.90 Å². The number of piperidine rings is 1. The van der Waals surface area contributed by atoms with Crippen molar-refractivity contribution in [2.24, 2.45) is 10.7 Å². The number of ether oxygens (including phenoxy) is 1. The summed E-state index contributed by atoms with van der Waals surface area (Å²) in [5.74, 6) is -0.605. The zero-order valence-electron chi connectivity index (χ0n) is 23.5. The third kappa shape index (κ3) is 8.32. The third-order valence-corrected chi connectivity index (χ3v) is 8.96. The van der Waals surface area contributed by atoms with Gasteiger partial charge in [-0.25, -0.2) is 8.42 Å². The molecule has 0 radical (unpaired) electrons. The van der Waals surface area contributed by atoms with E-state index in [2.05, 4.69) is 4.90 Å². The van der Waals surface area contributed by atoms with E-state index in [9.17, 15) is 18.3 Å². The summed E-state index contributed by atoms with van der Waals surface area (Å²) in [6, 6.07) is 12.1. The monoisotopic (exact) mass is 581 g/mol. The molecule has 2 aromatic carbocycles. The van der Waals surface area contributed by atoms with Gasteiger partial charge in [-0.1, -0.05) is 36.8 Å². The minimum atomic E-state index is -4.16. The number of hydrogen-bond donors (Lipinski definition) is 3. The number of aryl methyl sites for hydroxylation is 1. The molecule has 220 valence electrons. The Labute approximate surface area is 242 Å². The van der Waals surface area contributed by atoms with Gasteiger partial charge in [-0.3, -0.25) is 19.5 Å². The predicted octanol–water partition coefficient (Wildman–Crippen LogP) is 4.03. The molecular formula is C30H39N5O5S. The molecule has 0 unspecified atom stereocenters. The molecule has 1 saturated heterocycles. The van der Waals surface area contributed by atoms with E-state index >= 15 is 0 Å². The first-order valence-corrected chi connectivity index (χ1v) is 15.6. The van der Waals surface area contributed by atoms with Gasteiger partial charge < -0.3 is 20.5 Å². The molecule has 2 aliphatic heterocycles. The minimum Gasteiger partial charge on any atom is -0.490 e. The Kier molecular flexibility index (Phi) is 10.0. The van der Waals surface area contributed by atoms with Crippen molar-refractivity contribution in [2.75, 3.05) is 36.2 Å². The predicted molar refractivity (Wildman–Crippen MR) is 162 cm³/mol. The molecule has 0 bridgehead atoms. The summed E-state index contributed by atoms with van der Waals surface area (Å²) in [4.78, 5) is 18.5. The lowest BCUT2D eigenvalue weighted by molar-refractivity contribution is -0.134. The Hall–Kier alpha value is -3.86. The highest BCUT2D eigenvalue weighted by Crippen LogP contribution is 2.29. The number of carbonyl (C=O) groups is 1. The number of rotatable bonds is 10. The van der Waals surface area contributed by atoms with Gasteiger partial charge in [0.2, 0.25) is 10.0 Å². The first-order valence-electron chi connectivity index (χ1n) is 14.0. The molecule has 2 heterocycles. The number of benzene rings is 2. The standard InChI is InChI=1S/C30H39N5O5S/c1-22-19-25(11-12-27(22)40-26-13-17-34(18-14-26)28-10-3-2-4-15-33-28)35(41(38,39)21-29(36)37)16-6-8-23-7-5-9-24(20-23)30(31)32/h5-9,11-12,19-20,26H,2-4,10,13-18,21H2,1H3,(H3,31,32)(H,36,37). The molecule has 0 atom stereocenters. The van der Waals surface area contributed by atoms with Gasteiger partial charge in [-0.2, -0.15) is 0 Å². The molecule has 0 spiro atoms. The highest BCUT2D eigenvalue weighted by Gasteiger charge is 2.27. The fraction of sp³-hybridized carbons (Fsp3) is 0.433. The number of anilines is 1. The molecule has 41 heavy (non-hydrogen) atoms. The Morgan fingerprint density at radius 2 is 1.98 bits per heavy atom. The minimum absolute atomic E-state index is 0.0581. The average Bonchev–Trinajstić information content (AvgIpc) is 3.22. The Balaban J connectivity index is 1.45. The zero-order chi connectivity index (χ0) is 29.4. The highest BCUT2D eigenvalue weighted by atomic mass is 32.2. The van der Waals surface area contributed by atoms with Crippen LogP contribution in [0.4, 0.5) is 5.69 Å². The van der Waals surface area contributed by atoms with Crippen LogP contribution < -0.4 is 14.8 Å². The number of likely N-dealkylation sites (tertiary alicyclic amines) is 1. The number of amidine groups is 2. The largest absolute Gasteiger partial charge is 0.490 e. The van der Waals surface area contributed by atoms with Crippen LogP contribution in [-0.4, -0.2) is 74.1 Å². The van der Waals surface area contributed by atoms with Crippen molar-refractivity contribution in [3.63, 3.8) is 0 Å². The van der Waals surface area contributed by atoms with E-state index in [0.717, 1.165) is 54.3 Å². The van der Waals surface area contributed by atoms with Crippen molar-refractivity contribution in [3.05, 3.63) is 65.2 Å². The van der Waals surface area contributed by atoms with Gasteiger partial charge in [0.1, 0.15) is 17.7 Å². The van der Waals surface area contributed by atoms with E-state index in [1.54, 1.807) is 48.6 Å².